The summed E-state index contributed by atoms with van der Waals surface area (Å²) in [6, 6.07) is 14.8. The second-order valence-corrected chi connectivity index (χ2v) is 9.82. The van der Waals surface area contributed by atoms with Crippen LogP contribution in [-0.2, 0) is 10.5 Å². The Bertz CT molecular complexity index is 1290. The molecule has 8 heteroatoms. The highest BCUT2D eigenvalue weighted by Gasteiger charge is 2.29. The Hall–Kier alpha value is -3.10. The van der Waals surface area contributed by atoms with Gasteiger partial charge in [0.2, 0.25) is 5.91 Å². The van der Waals surface area contributed by atoms with Gasteiger partial charge in [-0.05, 0) is 50.1 Å². The fourth-order valence-electron chi connectivity index (χ4n) is 3.37. The molecule has 1 saturated carbocycles. The number of aryl methyl sites for hydroxylation is 1. The smallest absolute Gasteiger partial charge is 0.291 e. The second-order valence-electron chi connectivity index (χ2n) is 7.74. The number of nitrogens with zero attached hydrogens (tertiary/aromatic N) is 1. The highest BCUT2D eigenvalue weighted by Crippen LogP contribution is 2.34. The standard InChI is InChI=1S/C24H21N3O3S2/c1-14-12-31-24(25-14)32-13-19-18-4-2-3-5-20(18)30-21(19)23(29)27-17-10-8-16(9-11-17)26-22(28)15-6-7-15/h2-5,8-12,15H,6-7,13H2,1H3,(H,26,28)(H,27,29). The molecule has 2 aromatic heterocycles. The van der Waals surface area contributed by atoms with Crippen LogP contribution in [0, 0.1) is 12.8 Å². The molecule has 4 aromatic rings. The number of thiazole rings is 1. The molecule has 1 aliphatic carbocycles. The Morgan fingerprint density at radius 3 is 2.50 bits per heavy atom. The van der Waals surface area contributed by atoms with Crippen molar-refractivity contribution in [3.05, 3.63) is 70.9 Å². The van der Waals surface area contributed by atoms with Crippen LogP contribution < -0.4 is 10.6 Å². The molecule has 5 rings (SSSR count). The van der Waals surface area contributed by atoms with E-state index in [9.17, 15) is 9.59 Å². The van der Waals surface area contributed by atoms with E-state index < -0.39 is 0 Å². The molecule has 1 fully saturated rings. The van der Waals surface area contributed by atoms with Crippen molar-refractivity contribution in [3.8, 4) is 0 Å². The van der Waals surface area contributed by atoms with Crippen LogP contribution in [0.3, 0.4) is 0 Å². The number of aromatic nitrogens is 1. The van der Waals surface area contributed by atoms with Crippen molar-refractivity contribution in [1.82, 2.24) is 4.98 Å². The minimum Gasteiger partial charge on any atom is -0.451 e. The SMILES string of the molecule is Cc1csc(SCc2c(C(=O)Nc3ccc(NC(=O)C4CC4)cc3)oc3ccccc23)n1. The molecular formula is C24H21N3O3S2. The van der Waals surface area contributed by atoms with Gasteiger partial charge in [0, 0.05) is 45.1 Å². The van der Waals surface area contributed by atoms with E-state index in [1.807, 2.05) is 36.6 Å². The Morgan fingerprint density at radius 2 is 1.81 bits per heavy atom. The predicted molar refractivity (Wildman–Crippen MR) is 128 cm³/mol. The number of nitrogens with one attached hydrogen (secondary N) is 2. The van der Waals surface area contributed by atoms with E-state index in [-0.39, 0.29) is 17.7 Å². The largest absolute Gasteiger partial charge is 0.451 e. The highest BCUT2D eigenvalue weighted by atomic mass is 32.2. The third-order valence-corrected chi connectivity index (χ3v) is 7.37. The summed E-state index contributed by atoms with van der Waals surface area (Å²) >= 11 is 3.19. The lowest BCUT2D eigenvalue weighted by molar-refractivity contribution is -0.117. The number of carbonyl (C=O) groups is 2. The maximum absolute atomic E-state index is 13.1. The molecule has 2 N–H and O–H groups in total. The van der Waals surface area contributed by atoms with E-state index in [1.165, 1.54) is 0 Å². The third-order valence-electron chi connectivity index (χ3n) is 5.20. The van der Waals surface area contributed by atoms with Gasteiger partial charge in [0.15, 0.2) is 5.76 Å². The van der Waals surface area contributed by atoms with Crippen LogP contribution in [0.25, 0.3) is 11.0 Å². The zero-order chi connectivity index (χ0) is 22.1. The van der Waals surface area contributed by atoms with Crippen molar-refractivity contribution in [2.75, 3.05) is 10.6 Å². The molecule has 1 aliphatic rings. The minimum absolute atomic E-state index is 0.0571. The van der Waals surface area contributed by atoms with E-state index in [4.69, 9.17) is 4.42 Å². The van der Waals surface area contributed by atoms with Crippen molar-refractivity contribution in [1.29, 1.82) is 0 Å². The van der Waals surface area contributed by atoms with Crippen LogP contribution in [0.1, 0.15) is 34.7 Å². The number of carbonyl (C=O) groups excluding carboxylic acids is 2. The first-order valence-corrected chi connectivity index (χ1v) is 12.2. The van der Waals surface area contributed by atoms with E-state index in [2.05, 4.69) is 15.6 Å². The van der Waals surface area contributed by atoms with Gasteiger partial charge in [0.25, 0.3) is 5.91 Å². The number of para-hydroxylation sites is 1. The normalized spacial score (nSPS) is 13.3. The van der Waals surface area contributed by atoms with Gasteiger partial charge in [-0.3, -0.25) is 9.59 Å². The molecule has 2 aromatic carbocycles. The first-order valence-electron chi connectivity index (χ1n) is 10.3. The lowest BCUT2D eigenvalue weighted by atomic mass is 10.1. The summed E-state index contributed by atoms with van der Waals surface area (Å²) in [4.78, 5) is 29.5. The number of fused-ring (bicyclic) bond motifs is 1. The quantitative estimate of drug-likeness (QED) is 0.324. The summed E-state index contributed by atoms with van der Waals surface area (Å²) in [5.41, 5.74) is 3.88. The van der Waals surface area contributed by atoms with Crippen molar-refractivity contribution in [2.45, 2.75) is 29.9 Å². The summed E-state index contributed by atoms with van der Waals surface area (Å²) in [5.74, 6) is 0.785. The average Bonchev–Trinajstić information content (AvgIpc) is 3.47. The Balaban J connectivity index is 1.33. The maximum Gasteiger partial charge on any atom is 0.291 e. The number of hydrogen-bond acceptors (Lipinski definition) is 6. The summed E-state index contributed by atoms with van der Waals surface area (Å²) in [7, 11) is 0. The lowest BCUT2D eigenvalue weighted by Crippen LogP contribution is -2.14. The number of hydrogen-bond donors (Lipinski definition) is 2. The van der Waals surface area contributed by atoms with E-state index >= 15 is 0 Å². The molecule has 0 atom stereocenters. The van der Waals surface area contributed by atoms with E-state index in [0.29, 0.717) is 22.8 Å². The zero-order valence-electron chi connectivity index (χ0n) is 17.4. The van der Waals surface area contributed by atoms with E-state index in [1.54, 1.807) is 47.4 Å². The maximum atomic E-state index is 13.1. The lowest BCUT2D eigenvalue weighted by Gasteiger charge is -2.08. The molecule has 0 aliphatic heterocycles. The molecule has 0 spiro atoms. The number of benzene rings is 2. The van der Waals surface area contributed by atoms with Crippen LogP contribution >= 0.6 is 23.1 Å². The number of anilines is 2. The molecule has 0 unspecified atom stereocenters. The molecule has 2 amide bonds. The van der Waals surface area contributed by atoms with Gasteiger partial charge in [-0.2, -0.15) is 0 Å². The number of amides is 2. The Kier molecular flexibility index (Phi) is 5.71. The zero-order valence-corrected chi connectivity index (χ0v) is 19.0. The summed E-state index contributed by atoms with van der Waals surface area (Å²) in [6.07, 6.45) is 1.92. The van der Waals surface area contributed by atoms with Gasteiger partial charge in [-0.15, -0.1) is 11.3 Å². The van der Waals surface area contributed by atoms with Crippen molar-refractivity contribution < 1.29 is 14.0 Å². The number of furan rings is 1. The summed E-state index contributed by atoms with van der Waals surface area (Å²) in [6.45, 7) is 1.97. The van der Waals surface area contributed by atoms with Gasteiger partial charge >= 0.3 is 0 Å². The molecule has 0 radical (unpaired) electrons. The average molecular weight is 464 g/mol. The van der Waals surface area contributed by atoms with Gasteiger partial charge in [0.05, 0.1) is 0 Å². The molecule has 0 bridgehead atoms. The van der Waals surface area contributed by atoms with Crippen LogP contribution in [0.4, 0.5) is 11.4 Å². The van der Waals surface area contributed by atoms with Crippen molar-refractivity contribution in [2.24, 2.45) is 5.92 Å². The van der Waals surface area contributed by atoms with Crippen LogP contribution in [0.15, 0.2) is 62.7 Å². The first-order chi connectivity index (χ1) is 15.6. The molecule has 32 heavy (non-hydrogen) atoms. The van der Waals surface area contributed by atoms with Gasteiger partial charge < -0.3 is 15.1 Å². The second kappa shape index (κ2) is 8.80. The predicted octanol–water partition coefficient (Wildman–Crippen LogP) is 6.09. The van der Waals surface area contributed by atoms with E-state index in [0.717, 1.165) is 39.5 Å². The van der Waals surface area contributed by atoms with Crippen molar-refractivity contribution >= 4 is 57.3 Å². The first kappa shape index (κ1) is 20.8. The number of thioether (sulfide) groups is 1. The summed E-state index contributed by atoms with van der Waals surface area (Å²) in [5, 5.41) is 8.75. The number of rotatable bonds is 7. The molecule has 2 heterocycles. The van der Waals surface area contributed by atoms with Crippen LogP contribution in [-0.4, -0.2) is 16.8 Å². The van der Waals surface area contributed by atoms with Crippen LogP contribution in [0.2, 0.25) is 0 Å². The Labute approximate surface area is 193 Å². The topological polar surface area (TPSA) is 84.2 Å². The molecule has 162 valence electrons. The minimum atomic E-state index is -0.304. The van der Waals surface area contributed by atoms with Crippen LogP contribution in [0.5, 0.6) is 0 Å². The molecule has 0 saturated heterocycles. The summed E-state index contributed by atoms with van der Waals surface area (Å²) < 4.78 is 6.90. The molecular weight excluding hydrogens is 442 g/mol. The van der Waals surface area contributed by atoms with Gasteiger partial charge in [-0.1, -0.05) is 30.0 Å². The fourth-order valence-corrected chi connectivity index (χ4v) is 5.25. The van der Waals surface area contributed by atoms with Gasteiger partial charge in [-0.25, -0.2) is 4.98 Å². The third kappa shape index (κ3) is 4.56. The monoisotopic (exact) mass is 463 g/mol. The fraction of sp³-hybridized carbons (Fsp3) is 0.208. The highest BCUT2D eigenvalue weighted by molar-refractivity contribution is 8.00. The van der Waals surface area contributed by atoms with Gasteiger partial charge in [0.1, 0.15) is 9.92 Å². The van der Waals surface area contributed by atoms with Crippen molar-refractivity contribution in [3.63, 3.8) is 0 Å². The molecule has 6 nitrogen and oxygen atoms in total. The Morgan fingerprint density at radius 1 is 1.09 bits per heavy atom.